The molecule has 3 aromatic rings. The smallest absolute Gasteiger partial charge is 0.237 e. The quantitative estimate of drug-likeness (QED) is 0.555. The van der Waals surface area contributed by atoms with Gasteiger partial charge in [-0.3, -0.25) is 9.59 Å². The molecule has 1 heterocycles. The molecule has 6 nitrogen and oxygen atoms in total. The van der Waals surface area contributed by atoms with E-state index in [0.29, 0.717) is 33.7 Å². The highest BCUT2D eigenvalue weighted by Gasteiger charge is 2.16. The van der Waals surface area contributed by atoms with Crippen LogP contribution in [-0.4, -0.2) is 27.1 Å². The van der Waals surface area contributed by atoms with Crippen molar-refractivity contribution in [3.8, 4) is 11.4 Å². The van der Waals surface area contributed by atoms with Crippen molar-refractivity contribution in [2.24, 2.45) is 0 Å². The lowest BCUT2D eigenvalue weighted by Gasteiger charge is -2.11. The highest BCUT2D eigenvalue weighted by molar-refractivity contribution is 7.99. The van der Waals surface area contributed by atoms with Gasteiger partial charge in [-0.25, -0.2) is 0 Å². The summed E-state index contributed by atoms with van der Waals surface area (Å²) in [5, 5.41) is 7.06. The lowest BCUT2D eigenvalue weighted by atomic mass is 10.1. The molecule has 144 valence electrons. The van der Waals surface area contributed by atoms with E-state index in [4.69, 9.17) is 16.1 Å². The second kappa shape index (κ2) is 9.03. The number of rotatable bonds is 7. The highest BCUT2D eigenvalue weighted by atomic mass is 35.5. The first-order chi connectivity index (χ1) is 13.4. The summed E-state index contributed by atoms with van der Waals surface area (Å²) in [5.41, 5.74) is 2.02. The number of nitrogens with one attached hydrogen (secondary N) is 1. The van der Waals surface area contributed by atoms with Crippen molar-refractivity contribution in [1.29, 1.82) is 0 Å². The molecule has 1 aromatic heterocycles. The van der Waals surface area contributed by atoms with Gasteiger partial charge in [-0.1, -0.05) is 28.9 Å². The van der Waals surface area contributed by atoms with Crippen molar-refractivity contribution >= 4 is 40.7 Å². The maximum Gasteiger partial charge on any atom is 0.237 e. The number of hydrogen-bond donors (Lipinski definition) is 1. The molecule has 8 heteroatoms. The van der Waals surface area contributed by atoms with Gasteiger partial charge >= 0.3 is 0 Å². The largest absolute Gasteiger partial charge is 0.338 e. The average Bonchev–Trinajstić information content (AvgIpc) is 3.15. The first kappa shape index (κ1) is 20.1. The van der Waals surface area contributed by atoms with Gasteiger partial charge in [0, 0.05) is 21.8 Å². The van der Waals surface area contributed by atoms with Crippen LogP contribution >= 0.6 is 23.4 Å². The fourth-order valence-corrected chi connectivity index (χ4v) is 3.27. The van der Waals surface area contributed by atoms with Crippen molar-refractivity contribution < 1.29 is 14.1 Å². The van der Waals surface area contributed by atoms with Crippen LogP contribution in [-0.2, 0) is 10.5 Å². The normalized spacial score (nSPS) is 11.8. The maximum absolute atomic E-state index is 12.3. The topological polar surface area (TPSA) is 85.1 Å². The van der Waals surface area contributed by atoms with Crippen LogP contribution in [0.4, 0.5) is 5.69 Å². The van der Waals surface area contributed by atoms with E-state index in [1.54, 1.807) is 43.3 Å². The molecule has 1 unspecified atom stereocenters. The first-order valence-corrected chi connectivity index (χ1v) is 9.97. The Morgan fingerprint density at radius 2 is 1.96 bits per heavy atom. The molecule has 1 amide bonds. The summed E-state index contributed by atoms with van der Waals surface area (Å²) in [6, 6.07) is 14.0. The molecule has 0 aliphatic carbocycles. The fraction of sp³-hybridized carbons (Fsp3) is 0.200. The molecular formula is C20H18ClN3O3S. The number of carbonyl (C=O) groups excluding carboxylic acids is 2. The lowest BCUT2D eigenvalue weighted by Crippen LogP contribution is -2.22. The number of anilines is 1. The van der Waals surface area contributed by atoms with E-state index in [2.05, 4.69) is 15.5 Å². The molecule has 28 heavy (non-hydrogen) atoms. The summed E-state index contributed by atoms with van der Waals surface area (Å²) in [7, 11) is 0. The number of amides is 1. The minimum atomic E-state index is -0.325. The van der Waals surface area contributed by atoms with Crippen LogP contribution in [0, 0.1) is 0 Å². The Morgan fingerprint density at radius 1 is 1.21 bits per heavy atom. The van der Waals surface area contributed by atoms with E-state index in [1.807, 2.05) is 12.1 Å². The van der Waals surface area contributed by atoms with Crippen LogP contribution in [0.3, 0.4) is 0 Å². The van der Waals surface area contributed by atoms with E-state index in [1.165, 1.54) is 18.7 Å². The maximum atomic E-state index is 12.3. The molecule has 0 aliphatic rings. The third-order valence-corrected chi connectivity index (χ3v) is 5.30. The second-order valence-corrected chi connectivity index (χ2v) is 7.86. The minimum Gasteiger partial charge on any atom is -0.338 e. The Labute approximate surface area is 171 Å². The summed E-state index contributed by atoms with van der Waals surface area (Å²) >= 11 is 7.37. The Bertz CT molecular complexity index is 988. The Kier molecular flexibility index (Phi) is 6.49. The van der Waals surface area contributed by atoms with Gasteiger partial charge in [0.15, 0.2) is 5.78 Å². The Morgan fingerprint density at radius 3 is 2.64 bits per heavy atom. The summed E-state index contributed by atoms with van der Waals surface area (Å²) in [5.74, 6) is 1.14. The monoisotopic (exact) mass is 415 g/mol. The van der Waals surface area contributed by atoms with Crippen LogP contribution in [0.2, 0.25) is 5.02 Å². The molecule has 0 aliphatic heterocycles. The predicted molar refractivity (Wildman–Crippen MR) is 111 cm³/mol. The number of halogens is 1. The zero-order valence-electron chi connectivity index (χ0n) is 15.3. The van der Waals surface area contributed by atoms with Gasteiger partial charge in [0.05, 0.1) is 11.0 Å². The molecule has 0 radical (unpaired) electrons. The van der Waals surface area contributed by atoms with Gasteiger partial charge in [0.2, 0.25) is 17.6 Å². The second-order valence-electron chi connectivity index (χ2n) is 6.10. The van der Waals surface area contributed by atoms with E-state index in [-0.39, 0.29) is 16.9 Å². The number of hydrogen-bond acceptors (Lipinski definition) is 6. The molecule has 1 N–H and O–H groups in total. The highest BCUT2D eigenvalue weighted by Crippen LogP contribution is 2.23. The van der Waals surface area contributed by atoms with E-state index in [0.717, 1.165) is 5.56 Å². The van der Waals surface area contributed by atoms with Crippen molar-refractivity contribution in [2.75, 3.05) is 5.32 Å². The van der Waals surface area contributed by atoms with Gasteiger partial charge < -0.3 is 9.84 Å². The number of nitrogens with zero attached hydrogens (tertiary/aromatic N) is 2. The Balaban J connectivity index is 1.54. The van der Waals surface area contributed by atoms with Crippen LogP contribution in [0.15, 0.2) is 53.1 Å². The standard InChI is InChI=1S/C20H18ClN3O3S/c1-12(25)14-6-8-17(9-7-14)22-20(26)13(2)28-11-18-23-19(24-27-18)15-4-3-5-16(21)10-15/h3-10,13H,11H2,1-2H3,(H,22,26). The summed E-state index contributed by atoms with van der Waals surface area (Å²) in [4.78, 5) is 28.0. The third-order valence-electron chi connectivity index (χ3n) is 3.94. The zero-order valence-corrected chi connectivity index (χ0v) is 16.9. The lowest BCUT2D eigenvalue weighted by molar-refractivity contribution is -0.115. The van der Waals surface area contributed by atoms with Gasteiger partial charge in [-0.15, -0.1) is 11.8 Å². The van der Waals surface area contributed by atoms with E-state index in [9.17, 15) is 9.59 Å². The molecular weight excluding hydrogens is 398 g/mol. The van der Waals surface area contributed by atoms with Crippen LogP contribution in [0.25, 0.3) is 11.4 Å². The molecule has 0 saturated heterocycles. The number of aromatic nitrogens is 2. The minimum absolute atomic E-state index is 0.0153. The summed E-state index contributed by atoms with van der Waals surface area (Å²) < 4.78 is 5.25. The predicted octanol–water partition coefficient (Wildman–Crippen LogP) is 4.85. The summed E-state index contributed by atoms with van der Waals surface area (Å²) in [6.45, 7) is 3.31. The number of ketones is 1. The molecule has 2 aromatic carbocycles. The van der Waals surface area contributed by atoms with Gasteiger partial charge in [-0.05, 0) is 50.2 Å². The van der Waals surface area contributed by atoms with Gasteiger partial charge in [0.25, 0.3) is 0 Å². The van der Waals surface area contributed by atoms with Crippen LogP contribution in [0.5, 0.6) is 0 Å². The van der Waals surface area contributed by atoms with Crippen LogP contribution in [0.1, 0.15) is 30.1 Å². The van der Waals surface area contributed by atoms with Crippen LogP contribution < -0.4 is 5.32 Å². The number of carbonyl (C=O) groups is 2. The molecule has 3 rings (SSSR count). The SMILES string of the molecule is CC(=O)c1ccc(NC(=O)C(C)SCc2nc(-c3cccc(Cl)c3)no2)cc1. The number of thioether (sulfide) groups is 1. The van der Waals surface area contributed by atoms with Gasteiger partial charge in [-0.2, -0.15) is 4.98 Å². The molecule has 0 fully saturated rings. The van der Waals surface area contributed by atoms with E-state index >= 15 is 0 Å². The van der Waals surface area contributed by atoms with Gasteiger partial charge in [0.1, 0.15) is 0 Å². The molecule has 1 atom stereocenters. The number of benzene rings is 2. The molecule has 0 bridgehead atoms. The first-order valence-electron chi connectivity index (χ1n) is 8.54. The van der Waals surface area contributed by atoms with Crippen molar-refractivity contribution in [1.82, 2.24) is 10.1 Å². The fourth-order valence-electron chi connectivity index (χ4n) is 2.36. The average molecular weight is 416 g/mol. The summed E-state index contributed by atoms with van der Waals surface area (Å²) in [6.07, 6.45) is 0. The Hall–Kier alpha value is -2.64. The molecule has 0 saturated carbocycles. The van der Waals surface area contributed by atoms with Crippen molar-refractivity contribution in [2.45, 2.75) is 24.9 Å². The van der Waals surface area contributed by atoms with Crippen molar-refractivity contribution in [3.63, 3.8) is 0 Å². The zero-order chi connectivity index (χ0) is 20.1. The number of Topliss-reactive ketones (excluding diaryl/α,β-unsaturated/α-hetero) is 1. The third kappa shape index (κ3) is 5.21. The molecule has 0 spiro atoms. The van der Waals surface area contributed by atoms with E-state index < -0.39 is 0 Å². The van der Waals surface area contributed by atoms with Crippen molar-refractivity contribution in [3.05, 3.63) is 65.0 Å².